The third kappa shape index (κ3) is 3.44. The largest absolute Gasteiger partial charge is 0.375 e. The van der Waals surface area contributed by atoms with E-state index < -0.39 is 0 Å². The van der Waals surface area contributed by atoms with Gasteiger partial charge in [0.1, 0.15) is 0 Å². The van der Waals surface area contributed by atoms with Crippen molar-refractivity contribution < 1.29 is 9.47 Å². The van der Waals surface area contributed by atoms with Gasteiger partial charge in [-0.15, -0.1) is 0 Å². The molecule has 1 spiro atoms. The minimum absolute atomic E-state index is 0.0304. The molecule has 0 bridgehead atoms. The third-order valence-corrected chi connectivity index (χ3v) is 6.72. The van der Waals surface area contributed by atoms with Gasteiger partial charge in [0, 0.05) is 19.3 Å². The molecule has 4 heteroatoms. The summed E-state index contributed by atoms with van der Waals surface area (Å²) in [5.74, 6) is 3.24. The predicted octanol–water partition coefficient (Wildman–Crippen LogP) is 3.23. The molecule has 1 N–H and O–H groups in total. The lowest BCUT2D eigenvalue weighted by Gasteiger charge is -2.48. The van der Waals surface area contributed by atoms with Crippen LogP contribution in [0.15, 0.2) is 0 Å². The van der Waals surface area contributed by atoms with Gasteiger partial charge in [-0.25, -0.2) is 0 Å². The zero-order valence-electron chi connectivity index (χ0n) is 13.7. The summed E-state index contributed by atoms with van der Waals surface area (Å²) in [4.78, 5) is 0. The molecule has 0 amide bonds. The maximum absolute atomic E-state index is 6.28. The number of nitrogens with one attached hydrogen (secondary N) is 1. The van der Waals surface area contributed by atoms with E-state index in [-0.39, 0.29) is 11.2 Å². The van der Waals surface area contributed by atoms with Gasteiger partial charge in [0.25, 0.3) is 0 Å². The van der Waals surface area contributed by atoms with Gasteiger partial charge in [-0.2, -0.15) is 11.8 Å². The van der Waals surface area contributed by atoms with Crippen LogP contribution >= 0.6 is 11.8 Å². The Hall–Kier alpha value is 0.230. The molecule has 0 aromatic rings. The van der Waals surface area contributed by atoms with E-state index in [9.17, 15) is 0 Å². The summed E-state index contributed by atoms with van der Waals surface area (Å²) in [6.45, 7) is 7.45. The summed E-state index contributed by atoms with van der Waals surface area (Å²) in [6, 6.07) is 0.486. The lowest BCUT2D eigenvalue weighted by atomic mass is 9.73. The van der Waals surface area contributed by atoms with Crippen molar-refractivity contribution in [2.24, 2.45) is 5.92 Å². The lowest BCUT2D eigenvalue weighted by Crippen LogP contribution is -2.56. The van der Waals surface area contributed by atoms with Crippen LogP contribution < -0.4 is 5.32 Å². The molecule has 3 fully saturated rings. The van der Waals surface area contributed by atoms with Crippen molar-refractivity contribution >= 4 is 11.8 Å². The van der Waals surface area contributed by atoms with E-state index in [4.69, 9.17) is 9.47 Å². The minimum atomic E-state index is 0.0304. The number of likely N-dealkylation sites (N-methyl/N-ethyl adjacent to an activating group) is 1. The molecule has 0 saturated carbocycles. The van der Waals surface area contributed by atoms with Crippen LogP contribution in [-0.4, -0.2) is 48.5 Å². The van der Waals surface area contributed by atoms with Gasteiger partial charge in [0.2, 0.25) is 0 Å². The second-order valence-electron chi connectivity index (χ2n) is 7.20. The van der Waals surface area contributed by atoms with Crippen LogP contribution in [0.4, 0.5) is 0 Å². The van der Waals surface area contributed by atoms with Crippen molar-refractivity contribution in [1.29, 1.82) is 0 Å². The normalized spacial score (nSPS) is 37.7. The van der Waals surface area contributed by atoms with Crippen LogP contribution in [0.5, 0.6) is 0 Å². The maximum atomic E-state index is 6.28. The van der Waals surface area contributed by atoms with E-state index >= 15 is 0 Å². The highest BCUT2D eigenvalue weighted by Gasteiger charge is 2.47. The zero-order valence-corrected chi connectivity index (χ0v) is 14.5. The molecule has 3 nitrogen and oxygen atoms in total. The van der Waals surface area contributed by atoms with E-state index in [1.54, 1.807) is 0 Å². The molecule has 3 aliphatic rings. The van der Waals surface area contributed by atoms with Crippen molar-refractivity contribution in [3.05, 3.63) is 0 Å². The van der Waals surface area contributed by atoms with Crippen LogP contribution in [0.25, 0.3) is 0 Å². The highest BCUT2D eigenvalue weighted by atomic mass is 32.2. The summed E-state index contributed by atoms with van der Waals surface area (Å²) < 4.78 is 12.5. The molecule has 0 radical (unpaired) electrons. The molecule has 3 atom stereocenters. The molecule has 0 aromatic heterocycles. The van der Waals surface area contributed by atoms with Crippen LogP contribution in [0, 0.1) is 5.92 Å². The van der Waals surface area contributed by atoms with E-state index in [1.165, 1.54) is 50.0 Å². The fourth-order valence-corrected chi connectivity index (χ4v) is 5.83. The second kappa shape index (κ2) is 6.77. The zero-order chi connectivity index (χ0) is 14.8. The van der Waals surface area contributed by atoms with Gasteiger partial charge in [-0.1, -0.05) is 6.92 Å². The van der Waals surface area contributed by atoms with E-state index in [2.05, 4.69) is 30.9 Å². The van der Waals surface area contributed by atoms with Crippen molar-refractivity contribution in [2.75, 3.05) is 31.3 Å². The monoisotopic (exact) mass is 313 g/mol. The molecule has 0 aliphatic carbocycles. The Bertz CT molecular complexity index is 332. The molecule has 3 rings (SSSR count). The van der Waals surface area contributed by atoms with Gasteiger partial charge in [0.05, 0.1) is 11.2 Å². The standard InChI is InChI=1S/C17H31NO2S/c1-3-18-15(16(2)6-4-9-19-16)14-5-10-20-17(13-14)7-11-21-12-8-17/h14-15,18H,3-13H2,1-2H3. The minimum Gasteiger partial charge on any atom is -0.375 e. The van der Waals surface area contributed by atoms with Crippen LogP contribution in [-0.2, 0) is 9.47 Å². The van der Waals surface area contributed by atoms with Crippen LogP contribution in [0.1, 0.15) is 52.4 Å². The Balaban J connectivity index is 1.72. The fraction of sp³-hybridized carbons (Fsp3) is 1.00. The van der Waals surface area contributed by atoms with Gasteiger partial charge in [-0.3, -0.25) is 0 Å². The second-order valence-corrected chi connectivity index (χ2v) is 8.42. The highest BCUT2D eigenvalue weighted by molar-refractivity contribution is 7.99. The molecule has 3 saturated heterocycles. The topological polar surface area (TPSA) is 30.5 Å². The molecule has 122 valence electrons. The van der Waals surface area contributed by atoms with Gasteiger partial charge >= 0.3 is 0 Å². The smallest absolute Gasteiger partial charge is 0.0810 e. The third-order valence-electron chi connectivity index (χ3n) is 5.74. The van der Waals surface area contributed by atoms with Gasteiger partial charge in [-0.05, 0) is 69.4 Å². The quantitative estimate of drug-likeness (QED) is 0.863. The number of thioether (sulfide) groups is 1. The first kappa shape index (κ1) is 16.1. The van der Waals surface area contributed by atoms with Crippen LogP contribution in [0.3, 0.4) is 0 Å². The molecule has 0 aromatic carbocycles. The predicted molar refractivity (Wildman–Crippen MR) is 89.0 cm³/mol. The summed E-state index contributed by atoms with van der Waals surface area (Å²) in [6.07, 6.45) is 7.30. The molecule has 21 heavy (non-hydrogen) atoms. The van der Waals surface area contributed by atoms with Crippen molar-refractivity contribution in [3.63, 3.8) is 0 Å². The van der Waals surface area contributed by atoms with E-state index in [0.29, 0.717) is 12.0 Å². The summed E-state index contributed by atoms with van der Waals surface area (Å²) >= 11 is 2.09. The molecular formula is C17H31NO2S. The Labute approximate surface area is 133 Å². The molecule has 3 aliphatic heterocycles. The number of hydrogen-bond acceptors (Lipinski definition) is 4. The number of ether oxygens (including phenoxy) is 2. The van der Waals surface area contributed by atoms with Crippen molar-refractivity contribution in [1.82, 2.24) is 5.32 Å². The summed E-state index contributed by atoms with van der Waals surface area (Å²) in [5, 5.41) is 3.77. The molecule has 3 unspecified atom stereocenters. The first-order valence-corrected chi connectivity index (χ1v) is 9.92. The highest BCUT2D eigenvalue weighted by Crippen LogP contribution is 2.44. The van der Waals surface area contributed by atoms with Gasteiger partial charge in [0.15, 0.2) is 0 Å². The first-order valence-electron chi connectivity index (χ1n) is 8.77. The molecule has 3 heterocycles. The first-order chi connectivity index (χ1) is 10.2. The Morgan fingerprint density at radius 1 is 1.19 bits per heavy atom. The SMILES string of the molecule is CCNC(C1CCOC2(CCSCC2)C1)C1(C)CCCO1. The Kier molecular flexibility index (Phi) is 5.19. The summed E-state index contributed by atoms with van der Waals surface area (Å²) in [7, 11) is 0. The number of rotatable bonds is 4. The van der Waals surface area contributed by atoms with Crippen LogP contribution in [0.2, 0.25) is 0 Å². The Morgan fingerprint density at radius 2 is 2.00 bits per heavy atom. The Morgan fingerprint density at radius 3 is 2.67 bits per heavy atom. The maximum Gasteiger partial charge on any atom is 0.0810 e. The number of hydrogen-bond donors (Lipinski definition) is 1. The molecular weight excluding hydrogens is 282 g/mol. The van der Waals surface area contributed by atoms with Gasteiger partial charge < -0.3 is 14.8 Å². The average molecular weight is 314 g/mol. The van der Waals surface area contributed by atoms with E-state index in [1.807, 2.05) is 0 Å². The van der Waals surface area contributed by atoms with E-state index in [0.717, 1.165) is 19.8 Å². The lowest BCUT2D eigenvalue weighted by molar-refractivity contribution is -0.124. The summed E-state index contributed by atoms with van der Waals surface area (Å²) in [5.41, 5.74) is 0.208. The fourth-order valence-electron chi connectivity index (χ4n) is 4.59. The van der Waals surface area contributed by atoms with Crippen molar-refractivity contribution in [2.45, 2.75) is 69.6 Å². The average Bonchev–Trinajstić information content (AvgIpc) is 2.93. The van der Waals surface area contributed by atoms with Crippen molar-refractivity contribution in [3.8, 4) is 0 Å².